The summed E-state index contributed by atoms with van der Waals surface area (Å²) in [6.45, 7) is 8.49. The molecule has 1 aromatic rings. The lowest BCUT2D eigenvalue weighted by Gasteiger charge is -2.28. The topological polar surface area (TPSA) is 111 Å². The van der Waals surface area contributed by atoms with E-state index in [4.69, 9.17) is 32.2 Å². The van der Waals surface area contributed by atoms with E-state index < -0.39 is 20.9 Å². The minimum Gasteiger partial charge on any atom is -0.497 e. The number of alkyl carbamates (subject to hydrolysis) is 1. The Bertz CT molecular complexity index is 795. The van der Waals surface area contributed by atoms with Crippen LogP contribution in [0.1, 0.15) is 58.4 Å². The van der Waals surface area contributed by atoms with Gasteiger partial charge in [0, 0.05) is 44.6 Å². The molecule has 0 aliphatic carbocycles. The molecule has 1 aromatic carbocycles. The molecule has 0 aliphatic heterocycles. The monoisotopic (exact) mass is 555 g/mol. The predicted molar refractivity (Wildman–Crippen MR) is 147 cm³/mol. The van der Waals surface area contributed by atoms with Crippen molar-refractivity contribution in [3.8, 4) is 11.5 Å². The molecule has 0 radical (unpaired) electrons. The minimum absolute atomic E-state index is 0.335. The highest BCUT2D eigenvalue weighted by atomic mass is 28.4. The Morgan fingerprint density at radius 1 is 0.789 bits per heavy atom. The quantitative estimate of drug-likeness (QED) is 0.0971. The first kappa shape index (κ1) is 33.4. The second-order valence-corrected chi connectivity index (χ2v) is 10.9. The van der Waals surface area contributed by atoms with E-state index in [1.165, 1.54) is 6.08 Å². The van der Waals surface area contributed by atoms with Crippen LogP contribution in [0.25, 0.3) is 6.08 Å². The molecular formula is C27H45NO9Si. The van der Waals surface area contributed by atoms with Crippen LogP contribution in [0.15, 0.2) is 24.3 Å². The highest BCUT2D eigenvalue weighted by Crippen LogP contribution is 2.23. The third kappa shape index (κ3) is 14.4. The van der Waals surface area contributed by atoms with Gasteiger partial charge in [-0.25, -0.2) is 9.59 Å². The summed E-state index contributed by atoms with van der Waals surface area (Å²) in [5.74, 6) is 0.878. The zero-order valence-electron chi connectivity index (χ0n) is 23.5. The van der Waals surface area contributed by atoms with Crippen molar-refractivity contribution >= 4 is 26.9 Å². The summed E-state index contributed by atoms with van der Waals surface area (Å²) in [6, 6.07) is 6.00. The molecule has 0 atom stereocenters. The maximum absolute atomic E-state index is 11.9. The van der Waals surface area contributed by atoms with Gasteiger partial charge < -0.3 is 37.5 Å². The van der Waals surface area contributed by atoms with Crippen LogP contribution >= 0.6 is 0 Å². The number of benzene rings is 1. The van der Waals surface area contributed by atoms with Crippen molar-refractivity contribution in [1.82, 2.24) is 5.32 Å². The van der Waals surface area contributed by atoms with Gasteiger partial charge in [-0.05, 0) is 76.6 Å². The Balaban J connectivity index is 2.13. The number of amides is 1. The summed E-state index contributed by atoms with van der Waals surface area (Å²) in [6.07, 6.45) is 6.51. The molecule has 0 aromatic heterocycles. The molecular weight excluding hydrogens is 510 g/mol. The first-order valence-electron chi connectivity index (χ1n) is 13.3. The molecule has 0 unspecified atom stereocenters. The van der Waals surface area contributed by atoms with E-state index in [0.29, 0.717) is 63.5 Å². The van der Waals surface area contributed by atoms with E-state index in [0.717, 1.165) is 31.2 Å². The largest absolute Gasteiger partial charge is 0.500 e. The first-order chi connectivity index (χ1) is 18.4. The second kappa shape index (κ2) is 20.4. The van der Waals surface area contributed by atoms with Gasteiger partial charge in [-0.3, -0.25) is 0 Å². The van der Waals surface area contributed by atoms with Crippen molar-refractivity contribution in [2.75, 3.05) is 53.8 Å². The number of hydrogen-bond acceptors (Lipinski definition) is 9. The molecule has 0 saturated heterocycles. The van der Waals surface area contributed by atoms with Crippen molar-refractivity contribution < 1.29 is 41.8 Å². The highest BCUT2D eigenvalue weighted by Gasteiger charge is 2.39. The third-order valence-corrected chi connectivity index (χ3v) is 8.48. The van der Waals surface area contributed by atoms with Gasteiger partial charge in [0.05, 0.1) is 27.4 Å². The summed E-state index contributed by atoms with van der Waals surface area (Å²) in [7, 11) is 0.456. The Labute approximate surface area is 228 Å². The van der Waals surface area contributed by atoms with Crippen molar-refractivity contribution in [2.45, 2.75) is 58.9 Å². The van der Waals surface area contributed by atoms with Gasteiger partial charge in [-0.1, -0.05) is 0 Å². The normalized spacial score (nSPS) is 11.4. The molecule has 38 heavy (non-hydrogen) atoms. The van der Waals surface area contributed by atoms with Crippen LogP contribution in [0, 0.1) is 0 Å². The van der Waals surface area contributed by atoms with Gasteiger partial charge in [0.25, 0.3) is 0 Å². The number of carbonyl (C=O) groups is 2. The average molecular weight is 556 g/mol. The highest BCUT2D eigenvalue weighted by molar-refractivity contribution is 6.60. The first-order valence-corrected chi connectivity index (χ1v) is 15.3. The molecule has 1 N–H and O–H groups in total. The Morgan fingerprint density at radius 3 is 1.87 bits per heavy atom. The van der Waals surface area contributed by atoms with Crippen LogP contribution in [0.3, 0.4) is 0 Å². The molecule has 1 rings (SSSR count). The predicted octanol–water partition coefficient (Wildman–Crippen LogP) is 4.99. The smallest absolute Gasteiger partial charge is 0.497 e. The molecule has 0 saturated carbocycles. The van der Waals surface area contributed by atoms with Gasteiger partial charge in [0.2, 0.25) is 0 Å². The molecule has 0 heterocycles. The number of hydrogen-bond donors (Lipinski definition) is 1. The van der Waals surface area contributed by atoms with Crippen LogP contribution in [0.2, 0.25) is 6.04 Å². The van der Waals surface area contributed by atoms with Crippen molar-refractivity contribution in [3.63, 3.8) is 0 Å². The molecule has 0 bridgehead atoms. The standard InChI is InChI=1S/C27H45NO9Si/c1-6-35-38(36-7-2,37-8-3)19-13-16-28-27(30)34-18-12-10-9-11-17-33-26(29)15-14-23-20-24(31-4)22-25(21-23)32-5/h14-15,20-22H,6-13,16-19H2,1-5H3,(H,28,30)/b15-14+. The number of rotatable bonds is 21. The number of esters is 1. The molecule has 216 valence electrons. The molecule has 0 aliphatic rings. The number of carbonyl (C=O) groups excluding carboxylic acids is 2. The molecule has 0 fully saturated rings. The zero-order chi connectivity index (χ0) is 28.1. The Hall–Kier alpha value is -2.60. The van der Waals surface area contributed by atoms with Crippen molar-refractivity contribution in [3.05, 3.63) is 29.8 Å². The number of unbranched alkanes of at least 4 members (excludes halogenated alkanes) is 3. The van der Waals surface area contributed by atoms with Gasteiger partial charge >= 0.3 is 20.9 Å². The molecule has 1 amide bonds. The van der Waals surface area contributed by atoms with Crippen LogP contribution in [-0.4, -0.2) is 74.7 Å². The SMILES string of the molecule is CCO[Si](CCCNC(=O)OCCCCCCOC(=O)/C=C/c1cc(OC)cc(OC)c1)(OCC)OCC. The van der Waals surface area contributed by atoms with E-state index in [2.05, 4.69) is 5.32 Å². The summed E-state index contributed by atoms with van der Waals surface area (Å²) in [5, 5.41) is 2.76. The number of nitrogens with one attached hydrogen (secondary N) is 1. The fourth-order valence-corrected chi connectivity index (χ4v) is 6.19. The van der Waals surface area contributed by atoms with E-state index in [9.17, 15) is 9.59 Å². The summed E-state index contributed by atoms with van der Waals surface area (Å²) < 4.78 is 38.3. The fraction of sp³-hybridized carbons (Fsp3) is 0.630. The van der Waals surface area contributed by atoms with Gasteiger partial charge in [-0.2, -0.15) is 0 Å². The van der Waals surface area contributed by atoms with Gasteiger partial charge in [-0.15, -0.1) is 0 Å². The minimum atomic E-state index is -2.69. The van der Waals surface area contributed by atoms with E-state index >= 15 is 0 Å². The van der Waals surface area contributed by atoms with Crippen LogP contribution in [0.5, 0.6) is 11.5 Å². The van der Waals surface area contributed by atoms with E-state index in [-0.39, 0.29) is 0 Å². The summed E-state index contributed by atoms with van der Waals surface area (Å²) >= 11 is 0. The van der Waals surface area contributed by atoms with E-state index in [1.807, 2.05) is 20.8 Å². The maximum atomic E-state index is 11.9. The lowest BCUT2D eigenvalue weighted by molar-refractivity contribution is -0.137. The second-order valence-electron chi connectivity index (χ2n) is 8.21. The third-order valence-electron chi connectivity index (χ3n) is 5.32. The zero-order valence-corrected chi connectivity index (χ0v) is 24.5. The number of methoxy groups -OCH3 is 2. The molecule has 10 nitrogen and oxygen atoms in total. The van der Waals surface area contributed by atoms with Gasteiger partial charge in [0.15, 0.2) is 0 Å². The van der Waals surface area contributed by atoms with Crippen molar-refractivity contribution in [2.24, 2.45) is 0 Å². The maximum Gasteiger partial charge on any atom is 0.500 e. The molecule has 0 spiro atoms. The van der Waals surface area contributed by atoms with Crippen LogP contribution in [0.4, 0.5) is 4.79 Å². The summed E-state index contributed by atoms with van der Waals surface area (Å²) in [4.78, 5) is 23.8. The van der Waals surface area contributed by atoms with Crippen LogP contribution in [-0.2, 0) is 27.5 Å². The lowest BCUT2D eigenvalue weighted by atomic mass is 10.2. The fourth-order valence-electron chi connectivity index (χ4n) is 3.58. The van der Waals surface area contributed by atoms with Crippen LogP contribution < -0.4 is 14.8 Å². The van der Waals surface area contributed by atoms with Crippen molar-refractivity contribution in [1.29, 1.82) is 0 Å². The van der Waals surface area contributed by atoms with Gasteiger partial charge in [0.1, 0.15) is 11.5 Å². The Kier molecular flexibility index (Phi) is 17.9. The number of ether oxygens (including phenoxy) is 4. The Morgan fingerprint density at radius 2 is 1.34 bits per heavy atom. The summed E-state index contributed by atoms with van der Waals surface area (Å²) in [5.41, 5.74) is 0.777. The lowest BCUT2D eigenvalue weighted by Crippen LogP contribution is -2.46. The molecule has 11 heteroatoms. The van der Waals surface area contributed by atoms with E-state index in [1.54, 1.807) is 38.5 Å². The average Bonchev–Trinajstić information content (AvgIpc) is 2.91.